The molecule has 0 spiro atoms. The second-order valence-corrected chi connectivity index (χ2v) is 5.65. The lowest BCUT2D eigenvalue weighted by Gasteiger charge is -2.13. The van der Waals surface area contributed by atoms with Crippen LogP contribution in [0.1, 0.15) is 23.1 Å². The van der Waals surface area contributed by atoms with Crippen molar-refractivity contribution in [2.75, 3.05) is 13.7 Å². The lowest BCUT2D eigenvalue weighted by molar-refractivity contribution is 0.296. The molecule has 2 aromatic carbocycles. The molecule has 3 nitrogen and oxygen atoms in total. The maximum Gasteiger partial charge on any atom is 0.125 e. The zero-order valence-electron chi connectivity index (χ0n) is 13.1. The van der Waals surface area contributed by atoms with Crippen LogP contribution in [0.3, 0.4) is 0 Å². The van der Waals surface area contributed by atoms with Gasteiger partial charge in [0.1, 0.15) is 18.1 Å². The van der Waals surface area contributed by atoms with E-state index in [4.69, 9.17) is 26.8 Å². The molecule has 0 heterocycles. The summed E-state index contributed by atoms with van der Waals surface area (Å²) < 4.78 is 11.3. The minimum atomic E-state index is 0.459. The van der Waals surface area contributed by atoms with Gasteiger partial charge < -0.3 is 15.2 Å². The Hall–Kier alpha value is -1.71. The minimum absolute atomic E-state index is 0.459. The summed E-state index contributed by atoms with van der Waals surface area (Å²) in [5.74, 6) is 1.64. The van der Waals surface area contributed by atoms with Crippen molar-refractivity contribution in [1.82, 2.24) is 0 Å². The average Bonchev–Trinajstić information content (AvgIpc) is 2.54. The molecule has 0 amide bonds. The molecule has 0 aliphatic heterocycles. The van der Waals surface area contributed by atoms with Crippen molar-refractivity contribution >= 4 is 11.6 Å². The van der Waals surface area contributed by atoms with Crippen LogP contribution >= 0.6 is 11.6 Å². The van der Waals surface area contributed by atoms with E-state index in [1.165, 1.54) is 5.56 Å². The van der Waals surface area contributed by atoms with Crippen LogP contribution < -0.4 is 15.2 Å². The summed E-state index contributed by atoms with van der Waals surface area (Å²) in [5, 5.41) is 0.744. The maximum absolute atomic E-state index is 6.03. The lowest BCUT2D eigenvalue weighted by atomic mass is 10.1. The molecule has 118 valence electrons. The highest BCUT2D eigenvalue weighted by atomic mass is 35.5. The molecule has 0 radical (unpaired) electrons. The number of hydrogen-bond donors (Lipinski definition) is 1. The molecular weight excluding hydrogens is 298 g/mol. The molecule has 22 heavy (non-hydrogen) atoms. The Morgan fingerprint density at radius 3 is 2.64 bits per heavy atom. The third-order valence-electron chi connectivity index (χ3n) is 3.54. The van der Waals surface area contributed by atoms with Crippen molar-refractivity contribution in [1.29, 1.82) is 0 Å². The molecule has 0 aliphatic carbocycles. The summed E-state index contributed by atoms with van der Waals surface area (Å²) >= 11 is 6.03. The van der Waals surface area contributed by atoms with Gasteiger partial charge in [0.15, 0.2) is 0 Å². The summed E-state index contributed by atoms with van der Waals surface area (Å²) in [4.78, 5) is 0. The molecule has 2 aromatic rings. The first-order chi connectivity index (χ1) is 10.6. The molecule has 0 atom stereocenters. The van der Waals surface area contributed by atoms with Crippen molar-refractivity contribution in [3.63, 3.8) is 0 Å². The van der Waals surface area contributed by atoms with Crippen LogP contribution in [0.2, 0.25) is 5.02 Å². The van der Waals surface area contributed by atoms with Gasteiger partial charge in [-0.15, -0.1) is 0 Å². The van der Waals surface area contributed by atoms with Crippen molar-refractivity contribution in [3.05, 3.63) is 58.1 Å². The number of aryl methyl sites for hydroxylation is 2. The van der Waals surface area contributed by atoms with E-state index in [2.05, 4.69) is 12.1 Å². The predicted molar refractivity (Wildman–Crippen MR) is 90.9 cm³/mol. The molecule has 0 aliphatic rings. The predicted octanol–water partition coefficient (Wildman–Crippen LogP) is 4.13. The lowest BCUT2D eigenvalue weighted by Crippen LogP contribution is -2.03. The van der Waals surface area contributed by atoms with Gasteiger partial charge in [-0.05, 0) is 67.8 Å². The van der Waals surface area contributed by atoms with Gasteiger partial charge in [-0.1, -0.05) is 17.7 Å². The molecule has 0 fully saturated rings. The highest BCUT2D eigenvalue weighted by Crippen LogP contribution is 2.25. The van der Waals surface area contributed by atoms with Crippen LogP contribution in [0.5, 0.6) is 11.5 Å². The molecule has 0 aromatic heterocycles. The van der Waals surface area contributed by atoms with Crippen LogP contribution in [-0.2, 0) is 13.0 Å². The summed E-state index contributed by atoms with van der Waals surface area (Å²) in [6.45, 7) is 3.12. The first-order valence-electron chi connectivity index (χ1n) is 7.39. The normalized spacial score (nSPS) is 10.5. The zero-order chi connectivity index (χ0) is 15.9. The Morgan fingerprint density at radius 2 is 1.95 bits per heavy atom. The molecular formula is C18H22ClNO2. The molecule has 4 heteroatoms. The first kappa shape index (κ1) is 16.7. The SMILES string of the molecule is COc1ccc(CCCN)cc1COc1ccc(Cl)c(C)c1. The van der Waals surface area contributed by atoms with Crippen molar-refractivity contribution in [2.24, 2.45) is 5.73 Å². The Bertz CT molecular complexity index is 628. The molecule has 2 N–H and O–H groups in total. The Labute approximate surface area is 137 Å². The Kier molecular flexibility index (Phi) is 6.10. The van der Waals surface area contributed by atoms with Crippen LogP contribution in [0.15, 0.2) is 36.4 Å². The van der Waals surface area contributed by atoms with E-state index in [1.54, 1.807) is 7.11 Å². The number of halogens is 1. The van der Waals surface area contributed by atoms with E-state index < -0.39 is 0 Å². The molecule has 2 rings (SSSR count). The van der Waals surface area contributed by atoms with Crippen molar-refractivity contribution < 1.29 is 9.47 Å². The number of nitrogens with two attached hydrogens (primary N) is 1. The van der Waals surface area contributed by atoms with Gasteiger partial charge in [0.25, 0.3) is 0 Å². The standard InChI is InChI=1S/C18H22ClNO2/c1-13-10-16(6-7-17(13)19)22-12-15-11-14(4-3-9-20)5-8-18(15)21-2/h5-8,10-11H,3-4,9,12,20H2,1-2H3. The largest absolute Gasteiger partial charge is 0.496 e. The topological polar surface area (TPSA) is 44.5 Å². The summed E-state index contributed by atoms with van der Waals surface area (Å²) in [7, 11) is 1.67. The fourth-order valence-electron chi connectivity index (χ4n) is 2.27. The third kappa shape index (κ3) is 4.39. The zero-order valence-corrected chi connectivity index (χ0v) is 13.8. The van der Waals surface area contributed by atoms with Crippen molar-refractivity contribution in [3.8, 4) is 11.5 Å². The molecule has 0 saturated carbocycles. The van der Waals surface area contributed by atoms with E-state index >= 15 is 0 Å². The second kappa shape index (κ2) is 8.06. The summed E-state index contributed by atoms with van der Waals surface area (Å²) in [6.07, 6.45) is 1.94. The van der Waals surface area contributed by atoms with E-state index in [-0.39, 0.29) is 0 Å². The van der Waals surface area contributed by atoms with Crippen LogP contribution in [0, 0.1) is 6.92 Å². The minimum Gasteiger partial charge on any atom is -0.496 e. The van der Waals surface area contributed by atoms with E-state index in [1.807, 2.05) is 31.2 Å². The van der Waals surface area contributed by atoms with Gasteiger partial charge in [0.2, 0.25) is 0 Å². The molecule has 0 bridgehead atoms. The Morgan fingerprint density at radius 1 is 1.14 bits per heavy atom. The monoisotopic (exact) mass is 319 g/mol. The number of rotatable bonds is 7. The van der Waals surface area contributed by atoms with Gasteiger partial charge in [-0.3, -0.25) is 0 Å². The van der Waals surface area contributed by atoms with Gasteiger partial charge >= 0.3 is 0 Å². The van der Waals surface area contributed by atoms with Crippen LogP contribution in [0.25, 0.3) is 0 Å². The number of hydrogen-bond acceptors (Lipinski definition) is 3. The fourth-order valence-corrected chi connectivity index (χ4v) is 2.39. The van der Waals surface area contributed by atoms with Crippen LogP contribution in [-0.4, -0.2) is 13.7 Å². The third-order valence-corrected chi connectivity index (χ3v) is 3.96. The van der Waals surface area contributed by atoms with E-state index in [9.17, 15) is 0 Å². The van der Waals surface area contributed by atoms with Gasteiger partial charge in [-0.25, -0.2) is 0 Å². The second-order valence-electron chi connectivity index (χ2n) is 5.24. The smallest absolute Gasteiger partial charge is 0.125 e. The highest BCUT2D eigenvalue weighted by Gasteiger charge is 2.06. The van der Waals surface area contributed by atoms with Crippen LogP contribution in [0.4, 0.5) is 0 Å². The summed E-state index contributed by atoms with van der Waals surface area (Å²) in [5.41, 5.74) is 8.85. The number of methoxy groups -OCH3 is 1. The first-order valence-corrected chi connectivity index (χ1v) is 7.76. The van der Waals surface area contributed by atoms with Gasteiger partial charge in [-0.2, -0.15) is 0 Å². The van der Waals surface area contributed by atoms with Gasteiger partial charge in [0.05, 0.1) is 7.11 Å². The number of benzene rings is 2. The maximum atomic E-state index is 6.03. The summed E-state index contributed by atoms with van der Waals surface area (Å²) in [6, 6.07) is 11.8. The highest BCUT2D eigenvalue weighted by molar-refractivity contribution is 6.31. The van der Waals surface area contributed by atoms with Gasteiger partial charge in [0, 0.05) is 10.6 Å². The Balaban J connectivity index is 2.11. The van der Waals surface area contributed by atoms with E-state index in [0.717, 1.165) is 40.5 Å². The quantitative estimate of drug-likeness (QED) is 0.834. The molecule has 0 unspecified atom stereocenters. The van der Waals surface area contributed by atoms with E-state index in [0.29, 0.717) is 13.2 Å². The fraction of sp³-hybridized carbons (Fsp3) is 0.333. The van der Waals surface area contributed by atoms with Crippen molar-refractivity contribution in [2.45, 2.75) is 26.4 Å². The number of ether oxygens (including phenoxy) is 2. The molecule has 0 saturated heterocycles. The average molecular weight is 320 g/mol.